The van der Waals surface area contributed by atoms with Crippen molar-refractivity contribution in [3.05, 3.63) is 0 Å². The van der Waals surface area contributed by atoms with Crippen LogP contribution in [0.5, 0.6) is 0 Å². The molecule has 0 N–H and O–H groups in total. The highest BCUT2D eigenvalue weighted by Crippen LogP contribution is 2.08. The predicted octanol–water partition coefficient (Wildman–Crippen LogP) is 0.657. The van der Waals surface area contributed by atoms with Crippen LogP contribution in [0.15, 0.2) is 0 Å². The van der Waals surface area contributed by atoms with Crippen LogP contribution in [-0.2, 0) is 9.47 Å². The van der Waals surface area contributed by atoms with Gasteiger partial charge in [-0.25, -0.2) is 0 Å². The van der Waals surface area contributed by atoms with Gasteiger partial charge in [0, 0.05) is 6.61 Å². The molecule has 1 rings (SSSR count). The summed E-state index contributed by atoms with van der Waals surface area (Å²) in [4.78, 5) is 0. The molecule has 1 aliphatic heterocycles. The standard InChI is InChI=1S/C7H16O2SSi/c1-10-11-4-2-3-8-5-7-6-9-7/h7H,2-6,11H2,1H3. The largest absolute Gasteiger partial charge is 0.379 e. The van der Waals surface area contributed by atoms with Crippen LogP contribution in [0, 0.1) is 0 Å². The third-order valence-electron chi connectivity index (χ3n) is 1.59. The van der Waals surface area contributed by atoms with E-state index in [4.69, 9.17) is 9.47 Å². The van der Waals surface area contributed by atoms with Crippen LogP contribution in [-0.4, -0.2) is 40.8 Å². The zero-order valence-corrected chi connectivity index (χ0v) is 9.28. The Morgan fingerprint density at radius 3 is 3.18 bits per heavy atom. The number of rotatable bonds is 7. The fourth-order valence-corrected chi connectivity index (χ4v) is 3.00. The molecular formula is C7H16O2SSi. The first-order valence-corrected chi connectivity index (χ1v) is 8.24. The van der Waals surface area contributed by atoms with Crippen LogP contribution in [0.25, 0.3) is 0 Å². The van der Waals surface area contributed by atoms with Crippen molar-refractivity contribution in [3.63, 3.8) is 0 Å². The number of epoxide rings is 1. The van der Waals surface area contributed by atoms with Gasteiger partial charge in [0.05, 0.1) is 21.9 Å². The lowest BCUT2D eigenvalue weighted by Gasteiger charge is -1.99. The first-order chi connectivity index (χ1) is 5.43. The quantitative estimate of drug-likeness (QED) is 0.336. The Balaban J connectivity index is 1.66. The van der Waals surface area contributed by atoms with Crippen molar-refractivity contribution in [1.82, 2.24) is 0 Å². The van der Waals surface area contributed by atoms with Crippen LogP contribution in [0.3, 0.4) is 0 Å². The molecule has 0 aromatic heterocycles. The van der Waals surface area contributed by atoms with Crippen molar-refractivity contribution in [1.29, 1.82) is 0 Å². The average Bonchev–Trinajstić information content (AvgIpc) is 2.80. The van der Waals surface area contributed by atoms with Gasteiger partial charge in [-0.1, -0.05) is 6.04 Å². The average molecular weight is 192 g/mol. The molecule has 0 aliphatic carbocycles. The topological polar surface area (TPSA) is 21.8 Å². The number of hydrogen-bond donors (Lipinski definition) is 0. The van der Waals surface area contributed by atoms with Crippen LogP contribution in [0.4, 0.5) is 0 Å². The van der Waals surface area contributed by atoms with Crippen molar-refractivity contribution in [2.75, 3.05) is 26.1 Å². The molecule has 11 heavy (non-hydrogen) atoms. The molecular weight excluding hydrogens is 176 g/mol. The van der Waals surface area contributed by atoms with E-state index in [2.05, 4.69) is 6.26 Å². The molecule has 0 spiro atoms. The van der Waals surface area contributed by atoms with Gasteiger partial charge in [0.25, 0.3) is 0 Å². The molecule has 1 saturated heterocycles. The Kier molecular flexibility index (Phi) is 5.27. The van der Waals surface area contributed by atoms with Gasteiger partial charge in [-0.15, -0.1) is 0 Å². The maximum absolute atomic E-state index is 5.39. The SMILES string of the molecule is CS[SiH2]CCCOCC1CO1. The Hall–Kier alpha value is 0.487. The summed E-state index contributed by atoms with van der Waals surface area (Å²) in [5.74, 6) is 0. The van der Waals surface area contributed by atoms with Gasteiger partial charge in [0.15, 0.2) is 0 Å². The lowest BCUT2D eigenvalue weighted by molar-refractivity contribution is 0.117. The second-order valence-electron chi connectivity index (χ2n) is 2.73. The molecule has 0 radical (unpaired) electrons. The molecule has 4 heteroatoms. The summed E-state index contributed by atoms with van der Waals surface area (Å²) in [5.41, 5.74) is 0. The summed E-state index contributed by atoms with van der Waals surface area (Å²) in [6, 6.07) is 1.41. The maximum atomic E-state index is 5.39. The third kappa shape index (κ3) is 5.72. The molecule has 1 fully saturated rings. The van der Waals surface area contributed by atoms with Gasteiger partial charge < -0.3 is 9.47 Å². The summed E-state index contributed by atoms with van der Waals surface area (Å²) >= 11 is 2.04. The van der Waals surface area contributed by atoms with E-state index in [9.17, 15) is 0 Å². The van der Waals surface area contributed by atoms with Gasteiger partial charge in [0.1, 0.15) is 6.10 Å². The monoisotopic (exact) mass is 192 g/mol. The van der Waals surface area contributed by atoms with Gasteiger partial charge >= 0.3 is 0 Å². The first-order valence-electron chi connectivity index (χ1n) is 4.12. The van der Waals surface area contributed by atoms with Gasteiger partial charge in [0.2, 0.25) is 0 Å². The zero-order chi connectivity index (χ0) is 7.94. The first kappa shape index (κ1) is 9.57. The van der Waals surface area contributed by atoms with Crippen LogP contribution >= 0.6 is 11.2 Å². The van der Waals surface area contributed by atoms with E-state index in [-0.39, 0.29) is 8.67 Å². The highest BCUT2D eigenvalue weighted by molar-refractivity contribution is 8.21. The van der Waals surface area contributed by atoms with Crippen LogP contribution < -0.4 is 0 Å². The van der Waals surface area contributed by atoms with Gasteiger partial charge in [-0.2, -0.15) is 11.2 Å². The molecule has 0 bridgehead atoms. The van der Waals surface area contributed by atoms with Crippen LogP contribution in [0.1, 0.15) is 6.42 Å². The number of ether oxygens (including phenoxy) is 2. The Morgan fingerprint density at radius 2 is 2.55 bits per heavy atom. The van der Waals surface area contributed by atoms with E-state index in [0.29, 0.717) is 6.10 Å². The molecule has 66 valence electrons. The molecule has 0 amide bonds. The van der Waals surface area contributed by atoms with Crippen molar-refractivity contribution in [2.24, 2.45) is 0 Å². The Labute approximate surface area is 74.5 Å². The minimum absolute atomic E-state index is 0.195. The highest BCUT2D eigenvalue weighted by Gasteiger charge is 2.21. The minimum Gasteiger partial charge on any atom is -0.379 e. The number of hydrogen-bond acceptors (Lipinski definition) is 3. The lowest BCUT2D eigenvalue weighted by Crippen LogP contribution is -2.02. The fraction of sp³-hybridized carbons (Fsp3) is 1.00. The van der Waals surface area contributed by atoms with E-state index in [0.717, 1.165) is 19.8 Å². The fourth-order valence-electron chi connectivity index (χ4n) is 0.830. The van der Waals surface area contributed by atoms with Crippen molar-refractivity contribution < 1.29 is 9.47 Å². The molecule has 0 saturated carbocycles. The third-order valence-corrected chi connectivity index (χ3v) is 4.88. The smallest absolute Gasteiger partial charge is 0.104 e. The van der Waals surface area contributed by atoms with Gasteiger partial charge in [-0.3, -0.25) is 0 Å². The van der Waals surface area contributed by atoms with E-state index in [1.807, 2.05) is 11.2 Å². The summed E-state index contributed by atoms with van der Waals surface area (Å²) < 4.78 is 10.4. The van der Waals surface area contributed by atoms with E-state index < -0.39 is 0 Å². The predicted molar refractivity (Wildman–Crippen MR) is 52.0 cm³/mol. The minimum atomic E-state index is 0.195. The molecule has 2 nitrogen and oxygen atoms in total. The summed E-state index contributed by atoms with van der Waals surface area (Å²) in [5, 5.41) is 0. The normalized spacial score (nSPS) is 23.2. The zero-order valence-electron chi connectivity index (χ0n) is 7.04. The summed E-state index contributed by atoms with van der Waals surface area (Å²) in [7, 11) is 0.195. The van der Waals surface area contributed by atoms with Crippen molar-refractivity contribution >= 4 is 19.9 Å². The van der Waals surface area contributed by atoms with E-state index >= 15 is 0 Å². The van der Waals surface area contributed by atoms with E-state index in [1.165, 1.54) is 12.5 Å². The molecule has 1 atom stereocenters. The second-order valence-corrected chi connectivity index (χ2v) is 7.38. The summed E-state index contributed by atoms with van der Waals surface area (Å²) in [6.07, 6.45) is 3.89. The second kappa shape index (κ2) is 6.05. The molecule has 1 heterocycles. The molecule has 1 aliphatic rings. The van der Waals surface area contributed by atoms with E-state index in [1.54, 1.807) is 0 Å². The molecule has 0 aromatic carbocycles. The molecule has 1 unspecified atom stereocenters. The van der Waals surface area contributed by atoms with Gasteiger partial charge in [-0.05, 0) is 12.7 Å². The van der Waals surface area contributed by atoms with Crippen LogP contribution in [0.2, 0.25) is 6.04 Å². The lowest BCUT2D eigenvalue weighted by atomic mass is 10.5. The summed E-state index contributed by atoms with van der Waals surface area (Å²) in [6.45, 7) is 2.67. The van der Waals surface area contributed by atoms with Crippen molar-refractivity contribution in [2.45, 2.75) is 18.6 Å². The molecule has 0 aromatic rings. The Bertz CT molecular complexity index is 98.4. The Morgan fingerprint density at radius 1 is 1.73 bits per heavy atom. The highest BCUT2D eigenvalue weighted by atomic mass is 32.4. The van der Waals surface area contributed by atoms with Crippen molar-refractivity contribution in [3.8, 4) is 0 Å². The maximum Gasteiger partial charge on any atom is 0.104 e.